The average Bonchev–Trinajstić information content (AvgIpc) is 3.37. The average molecular weight is 527 g/mol. The normalized spacial score (nSPS) is 10.0. The molecule has 0 fully saturated rings. The summed E-state index contributed by atoms with van der Waals surface area (Å²) in [6.07, 6.45) is 3.46. The summed E-state index contributed by atoms with van der Waals surface area (Å²) >= 11 is 0. The van der Waals surface area contributed by atoms with Gasteiger partial charge in [0.15, 0.2) is 0 Å². The number of carbonyl (C=O) groups is 3. The second kappa shape index (κ2) is 11.9. The van der Waals surface area contributed by atoms with E-state index in [2.05, 4.69) is 21.0 Å². The van der Waals surface area contributed by atoms with Crippen molar-refractivity contribution in [2.24, 2.45) is 26.9 Å². The van der Waals surface area contributed by atoms with Crippen molar-refractivity contribution in [3.05, 3.63) is 47.7 Å². The van der Waals surface area contributed by atoms with Crippen LogP contribution in [-0.2, 0) is 21.1 Å². The summed E-state index contributed by atoms with van der Waals surface area (Å²) < 4.78 is 4.51. The molecule has 13 nitrogen and oxygen atoms in total. The molecule has 0 radical (unpaired) electrons. The van der Waals surface area contributed by atoms with Crippen LogP contribution in [0, 0.1) is 5.41 Å². The monoisotopic (exact) mass is 526 g/mol. The Hall–Kier alpha value is -3.97. The highest BCUT2D eigenvalue weighted by Crippen LogP contribution is 2.18. The fourth-order valence-corrected chi connectivity index (χ4v) is 3.21. The lowest BCUT2D eigenvalue weighted by Gasteiger charge is -2.04. The number of hydrogen-bond donors (Lipinski definition) is 6. The number of amides is 3. The number of aromatic nitrogens is 4. The quantitative estimate of drug-likeness (QED) is 0.188. The van der Waals surface area contributed by atoms with E-state index in [-0.39, 0.29) is 61.0 Å². The predicted octanol–water partition coefficient (Wildman–Crippen LogP) is 1.08. The molecule has 3 amide bonds. The van der Waals surface area contributed by atoms with E-state index in [1.54, 1.807) is 48.7 Å². The van der Waals surface area contributed by atoms with Gasteiger partial charge in [-0.3, -0.25) is 24.5 Å². The van der Waals surface area contributed by atoms with Gasteiger partial charge in [-0.05, 0) is 12.1 Å². The van der Waals surface area contributed by atoms with Crippen molar-refractivity contribution in [2.75, 3.05) is 22.9 Å². The maximum absolute atomic E-state index is 12.8. The van der Waals surface area contributed by atoms with Crippen LogP contribution in [0.15, 0.2) is 30.6 Å². The highest BCUT2D eigenvalue weighted by atomic mass is 35.5. The number of nitrogens with zero attached hydrogens (tertiary/aromatic N) is 4. The van der Waals surface area contributed by atoms with Gasteiger partial charge in [0.2, 0.25) is 0 Å². The molecule has 0 atom stereocenters. The number of aryl methyl sites for hydroxylation is 3. The Morgan fingerprint density at radius 3 is 1.83 bits per heavy atom. The fourth-order valence-electron chi connectivity index (χ4n) is 3.21. The SMILES string of the molecule is Cl.Cl.Cn1cc(NC(=O)c2cc(NC(=O)c3cc(N)nn3C)cn2C)cc1C(=O)NCCC(=N)N. The summed E-state index contributed by atoms with van der Waals surface area (Å²) in [5, 5.41) is 19.3. The second-order valence-corrected chi connectivity index (χ2v) is 7.47. The van der Waals surface area contributed by atoms with Crippen LogP contribution in [0.25, 0.3) is 0 Å². The molecule has 0 unspecified atom stereocenters. The summed E-state index contributed by atoms with van der Waals surface area (Å²) in [7, 11) is 4.95. The summed E-state index contributed by atoms with van der Waals surface area (Å²) in [6, 6.07) is 4.53. The van der Waals surface area contributed by atoms with E-state index in [1.165, 1.54) is 16.8 Å². The summed E-state index contributed by atoms with van der Waals surface area (Å²) in [5.74, 6) is -0.971. The van der Waals surface area contributed by atoms with Crippen molar-refractivity contribution in [1.82, 2.24) is 24.2 Å². The van der Waals surface area contributed by atoms with Gasteiger partial charge in [0.25, 0.3) is 17.7 Å². The van der Waals surface area contributed by atoms with Crippen LogP contribution in [0.5, 0.6) is 0 Å². The van der Waals surface area contributed by atoms with Crippen LogP contribution in [0.4, 0.5) is 17.2 Å². The van der Waals surface area contributed by atoms with Crippen molar-refractivity contribution in [3.8, 4) is 0 Å². The second-order valence-electron chi connectivity index (χ2n) is 7.47. The van der Waals surface area contributed by atoms with Gasteiger partial charge >= 0.3 is 0 Å². The van der Waals surface area contributed by atoms with Crippen LogP contribution in [-0.4, -0.2) is 49.0 Å². The van der Waals surface area contributed by atoms with Crippen molar-refractivity contribution in [2.45, 2.75) is 6.42 Å². The van der Waals surface area contributed by atoms with Crippen LogP contribution in [0.2, 0.25) is 0 Å². The third-order valence-electron chi connectivity index (χ3n) is 4.80. The largest absolute Gasteiger partial charge is 0.388 e. The van der Waals surface area contributed by atoms with E-state index in [9.17, 15) is 14.4 Å². The zero-order valence-corrected chi connectivity index (χ0v) is 20.9. The Bertz CT molecular complexity index is 1240. The van der Waals surface area contributed by atoms with E-state index in [0.29, 0.717) is 22.8 Å². The van der Waals surface area contributed by atoms with Gasteiger partial charge < -0.3 is 36.6 Å². The molecule has 35 heavy (non-hydrogen) atoms. The molecule has 0 aliphatic heterocycles. The minimum atomic E-state index is -0.420. The molecule has 3 rings (SSSR count). The molecule has 15 heteroatoms. The number of carbonyl (C=O) groups excluding carboxylic acids is 3. The van der Waals surface area contributed by atoms with Crippen molar-refractivity contribution < 1.29 is 14.4 Å². The molecule has 0 aliphatic carbocycles. The van der Waals surface area contributed by atoms with Crippen LogP contribution in [0.1, 0.15) is 37.9 Å². The molecule has 0 spiro atoms. The molecular formula is C20H28Cl2N10O3. The third-order valence-corrected chi connectivity index (χ3v) is 4.80. The first kappa shape index (κ1) is 29.1. The van der Waals surface area contributed by atoms with Crippen molar-refractivity contribution in [3.63, 3.8) is 0 Å². The van der Waals surface area contributed by atoms with E-state index in [4.69, 9.17) is 16.9 Å². The molecule has 8 N–H and O–H groups in total. The summed E-state index contributed by atoms with van der Waals surface area (Å²) in [4.78, 5) is 37.5. The molecular weight excluding hydrogens is 499 g/mol. The fraction of sp³-hybridized carbons (Fsp3) is 0.250. The lowest BCUT2D eigenvalue weighted by atomic mass is 10.3. The van der Waals surface area contributed by atoms with Gasteiger partial charge in [-0.15, -0.1) is 24.8 Å². The molecule has 0 saturated heterocycles. The Kier molecular flexibility index (Phi) is 9.92. The summed E-state index contributed by atoms with van der Waals surface area (Å²) in [5.41, 5.74) is 12.7. The Morgan fingerprint density at radius 1 is 0.886 bits per heavy atom. The van der Waals surface area contributed by atoms with Crippen molar-refractivity contribution in [1.29, 1.82) is 5.41 Å². The van der Waals surface area contributed by atoms with E-state index < -0.39 is 11.8 Å². The maximum atomic E-state index is 12.8. The zero-order chi connectivity index (χ0) is 24.3. The lowest BCUT2D eigenvalue weighted by Crippen LogP contribution is -2.28. The lowest BCUT2D eigenvalue weighted by molar-refractivity contribution is 0.0944. The van der Waals surface area contributed by atoms with Crippen LogP contribution >= 0.6 is 24.8 Å². The van der Waals surface area contributed by atoms with Gasteiger partial charge in [0.1, 0.15) is 22.9 Å². The number of nitrogens with one attached hydrogen (secondary N) is 4. The molecule has 0 aromatic carbocycles. The molecule has 3 aromatic heterocycles. The number of nitrogens with two attached hydrogens (primary N) is 2. The zero-order valence-electron chi connectivity index (χ0n) is 19.3. The van der Waals surface area contributed by atoms with Gasteiger partial charge in [0.05, 0.1) is 17.2 Å². The third kappa shape index (κ3) is 7.01. The Balaban J connectivity index is 0.00000306. The van der Waals surface area contributed by atoms with Gasteiger partial charge in [0, 0.05) is 52.6 Å². The van der Waals surface area contributed by atoms with Gasteiger partial charge in [-0.2, -0.15) is 5.10 Å². The minimum absolute atomic E-state index is 0. The highest BCUT2D eigenvalue weighted by molar-refractivity contribution is 6.07. The Morgan fingerprint density at radius 2 is 1.37 bits per heavy atom. The van der Waals surface area contributed by atoms with E-state index in [0.717, 1.165) is 0 Å². The first-order valence-electron chi connectivity index (χ1n) is 9.91. The molecule has 0 aliphatic rings. The maximum Gasteiger partial charge on any atom is 0.274 e. The highest BCUT2D eigenvalue weighted by Gasteiger charge is 2.18. The minimum Gasteiger partial charge on any atom is -0.388 e. The van der Waals surface area contributed by atoms with Gasteiger partial charge in [-0.1, -0.05) is 0 Å². The number of anilines is 3. The smallest absolute Gasteiger partial charge is 0.274 e. The number of rotatable bonds is 8. The molecule has 3 aromatic rings. The first-order valence-corrected chi connectivity index (χ1v) is 9.91. The predicted molar refractivity (Wildman–Crippen MR) is 138 cm³/mol. The standard InChI is InChI=1S/C20H26N10O3.2ClH/c1-28-9-11(6-13(28)18(31)24-5-4-16(21)22)25-19(32)14-7-12(10-29(14)2)26-20(33)15-8-17(23)27-30(15)3;;/h6-10H,4-5H2,1-3H3,(H3,21,22)(H2,23,27)(H,24,31)(H,25,32)(H,26,33);2*1H. The topological polar surface area (TPSA) is 191 Å². The van der Waals surface area contributed by atoms with Crippen LogP contribution < -0.4 is 27.4 Å². The van der Waals surface area contributed by atoms with E-state index in [1.807, 2.05) is 0 Å². The van der Waals surface area contributed by atoms with Gasteiger partial charge in [-0.25, -0.2) is 0 Å². The molecule has 3 heterocycles. The van der Waals surface area contributed by atoms with E-state index >= 15 is 0 Å². The summed E-state index contributed by atoms with van der Waals surface area (Å²) in [6.45, 7) is 0.240. The molecule has 0 saturated carbocycles. The van der Waals surface area contributed by atoms with Crippen molar-refractivity contribution >= 4 is 65.6 Å². The molecule has 0 bridgehead atoms. The first-order chi connectivity index (χ1) is 15.5. The Labute approximate surface area is 213 Å². The van der Waals surface area contributed by atoms with Crippen LogP contribution in [0.3, 0.4) is 0 Å². The number of hydrogen-bond acceptors (Lipinski definition) is 6. The number of amidine groups is 1. The number of nitrogen functional groups attached to an aromatic ring is 1. The number of halogens is 2. The molecule has 190 valence electrons.